The molecular formula is C15H24O3Si. The van der Waals surface area contributed by atoms with E-state index >= 15 is 0 Å². The molecule has 1 aliphatic carbocycles. The van der Waals surface area contributed by atoms with Crippen molar-refractivity contribution in [2.24, 2.45) is 5.92 Å². The molecule has 0 aromatic rings. The molecule has 0 bridgehead atoms. The van der Waals surface area contributed by atoms with Crippen LogP contribution in [0.25, 0.3) is 0 Å². The summed E-state index contributed by atoms with van der Waals surface area (Å²) in [7, 11) is -1.63. The lowest BCUT2D eigenvalue weighted by Gasteiger charge is -2.31. The van der Waals surface area contributed by atoms with Gasteiger partial charge in [-0.15, -0.1) is 6.58 Å². The van der Waals surface area contributed by atoms with Crippen molar-refractivity contribution in [3.8, 4) is 0 Å². The van der Waals surface area contributed by atoms with Gasteiger partial charge in [0.05, 0.1) is 21.3 Å². The molecular weight excluding hydrogens is 256 g/mol. The van der Waals surface area contributed by atoms with Gasteiger partial charge >= 0.3 is 0 Å². The standard InChI is InChI=1S/C15H24O3Si/c1-5-6-8-17-15-13-11(7-9-18-15)10-12(16)14(13)19(2,3)4/h5,11,15H,1,6-10H2,2-4H3/t11-,15+/m0/s1. The Morgan fingerprint density at radius 1 is 1.47 bits per heavy atom. The maximum atomic E-state index is 12.3. The van der Waals surface area contributed by atoms with Crippen molar-refractivity contribution in [3.05, 3.63) is 23.4 Å². The summed E-state index contributed by atoms with van der Waals surface area (Å²) in [4.78, 5) is 12.3. The zero-order valence-electron chi connectivity index (χ0n) is 12.2. The molecule has 0 spiro atoms. The smallest absolute Gasteiger partial charge is 0.180 e. The number of ether oxygens (including phenoxy) is 2. The summed E-state index contributed by atoms with van der Waals surface area (Å²) in [6.45, 7) is 11.7. The largest absolute Gasteiger partial charge is 0.349 e. The van der Waals surface area contributed by atoms with Gasteiger partial charge in [0.1, 0.15) is 0 Å². The minimum absolute atomic E-state index is 0.299. The van der Waals surface area contributed by atoms with E-state index in [0.717, 1.165) is 18.0 Å². The lowest BCUT2D eigenvalue weighted by molar-refractivity contribution is -0.138. The van der Waals surface area contributed by atoms with Crippen LogP contribution in [0.15, 0.2) is 23.4 Å². The van der Waals surface area contributed by atoms with Gasteiger partial charge in [0.25, 0.3) is 0 Å². The molecule has 106 valence electrons. The highest BCUT2D eigenvalue weighted by Gasteiger charge is 2.44. The number of allylic oxidation sites excluding steroid dienone is 1. The van der Waals surface area contributed by atoms with Crippen molar-refractivity contribution < 1.29 is 14.3 Å². The number of hydrogen-bond acceptors (Lipinski definition) is 3. The van der Waals surface area contributed by atoms with Crippen LogP contribution in [0.4, 0.5) is 0 Å². The molecule has 2 aliphatic rings. The van der Waals surface area contributed by atoms with E-state index in [0.29, 0.717) is 31.3 Å². The maximum absolute atomic E-state index is 12.3. The van der Waals surface area contributed by atoms with Crippen LogP contribution < -0.4 is 0 Å². The molecule has 1 fully saturated rings. The summed E-state index contributed by atoms with van der Waals surface area (Å²) in [6, 6.07) is 0. The minimum Gasteiger partial charge on any atom is -0.349 e. The fourth-order valence-electron chi connectivity index (χ4n) is 3.02. The van der Waals surface area contributed by atoms with E-state index in [2.05, 4.69) is 26.2 Å². The van der Waals surface area contributed by atoms with Crippen LogP contribution in [0, 0.1) is 5.92 Å². The fourth-order valence-corrected chi connectivity index (χ4v) is 5.15. The fraction of sp³-hybridized carbons (Fsp3) is 0.667. The highest BCUT2D eigenvalue weighted by atomic mass is 28.3. The molecule has 0 amide bonds. The first-order chi connectivity index (χ1) is 8.95. The Bertz CT molecular complexity index is 406. The number of Topliss-reactive ketones (excluding diaryl/α,β-unsaturated/α-hetero) is 1. The number of rotatable bonds is 5. The molecule has 4 heteroatoms. The summed E-state index contributed by atoms with van der Waals surface area (Å²) < 4.78 is 11.6. The van der Waals surface area contributed by atoms with Gasteiger partial charge in [0.15, 0.2) is 12.1 Å². The third-order valence-electron chi connectivity index (χ3n) is 3.77. The SMILES string of the molecule is C=CCCO[C@@H]1OCC[C@H]2CC(=O)C([Si](C)(C)C)=C21. The third kappa shape index (κ3) is 3.07. The highest BCUT2D eigenvalue weighted by Crippen LogP contribution is 2.42. The van der Waals surface area contributed by atoms with Gasteiger partial charge in [0.2, 0.25) is 0 Å². The molecule has 1 heterocycles. The molecule has 3 nitrogen and oxygen atoms in total. The molecule has 1 saturated heterocycles. The first kappa shape index (κ1) is 14.7. The van der Waals surface area contributed by atoms with E-state index < -0.39 is 8.07 Å². The number of hydrogen-bond donors (Lipinski definition) is 0. The van der Waals surface area contributed by atoms with Crippen LogP contribution in [0.2, 0.25) is 19.6 Å². The minimum atomic E-state index is -1.63. The van der Waals surface area contributed by atoms with Gasteiger partial charge in [-0.05, 0) is 29.5 Å². The van der Waals surface area contributed by atoms with E-state index in [1.165, 1.54) is 5.57 Å². The van der Waals surface area contributed by atoms with Crippen LogP contribution in [-0.4, -0.2) is 33.4 Å². The van der Waals surface area contributed by atoms with Gasteiger partial charge in [0, 0.05) is 6.42 Å². The monoisotopic (exact) mass is 280 g/mol. The van der Waals surface area contributed by atoms with Crippen LogP contribution in [0.3, 0.4) is 0 Å². The average Bonchev–Trinajstić information content (AvgIpc) is 2.66. The molecule has 0 N–H and O–H groups in total. The van der Waals surface area contributed by atoms with Gasteiger partial charge in [-0.2, -0.15) is 0 Å². The van der Waals surface area contributed by atoms with Crippen molar-refractivity contribution in [1.82, 2.24) is 0 Å². The van der Waals surface area contributed by atoms with Crippen LogP contribution >= 0.6 is 0 Å². The Morgan fingerprint density at radius 3 is 2.84 bits per heavy atom. The molecule has 0 aromatic heterocycles. The zero-order valence-corrected chi connectivity index (χ0v) is 13.2. The molecule has 0 aromatic carbocycles. The van der Waals surface area contributed by atoms with E-state index in [4.69, 9.17) is 9.47 Å². The second kappa shape index (κ2) is 5.73. The van der Waals surface area contributed by atoms with Crippen LogP contribution in [0.5, 0.6) is 0 Å². The summed E-state index contributed by atoms with van der Waals surface area (Å²) >= 11 is 0. The predicted molar refractivity (Wildman–Crippen MR) is 78.6 cm³/mol. The summed E-state index contributed by atoms with van der Waals surface area (Å²) in [5.74, 6) is 0.693. The topological polar surface area (TPSA) is 35.5 Å². The quantitative estimate of drug-likeness (QED) is 0.441. The van der Waals surface area contributed by atoms with E-state index in [-0.39, 0.29) is 6.29 Å². The van der Waals surface area contributed by atoms with Gasteiger partial charge < -0.3 is 9.47 Å². The Balaban J connectivity index is 2.26. The lowest BCUT2D eigenvalue weighted by Crippen LogP contribution is -2.34. The number of carbonyl (C=O) groups is 1. The highest BCUT2D eigenvalue weighted by molar-refractivity contribution is 6.87. The average molecular weight is 280 g/mol. The van der Waals surface area contributed by atoms with Gasteiger partial charge in [-0.1, -0.05) is 25.7 Å². The third-order valence-corrected chi connectivity index (χ3v) is 5.84. The first-order valence-electron chi connectivity index (χ1n) is 7.07. The van der Waals surface area contributed by atoms with Crippen molar-refractivity contribution >= 4 is 13.9 Å². The van der Waals surface area contributed by atoms with Crippen LogP contribution in [-0.2, 0) is 14.3 Å². The lowest BCUT2D eigenvalue weighted by atomic mass is 9.95. The van der Waals surface area contributed by atoms with E-state index in [9.17, 15) is 4.79 Å². The van der Waals surface area contributed by atoms with Gasteiger partial charge in [-0.3, -0.25) is 4.79 Å². The maximum Gasteiger partial charge on any atom is 0.180 e. The Kier molecular flexibility index (Phi) is 4.43. The molecule has 0 radical (unpaired) electrons. The predicted octanol–water partition coefficient (Wildman–Crippen LogP) is 3.09. The van der Waals surface area contributed by atoms with Crippen molar-refractivity contribution in [2.75, 3.05) is 13.2 Å². The van der Waals surface area contributed by atoms with Gasteiger partial charge in [-0.25, -0.2) is 0 Å². The second-order valence-electron chi connectivity index (χ2n) is 6.34. The summed E-state index contributed by atoms with van der Waals surface area (Å²) in [6.07, 6.45) is 3.98. The Morgan fingerprint density at radius 2 is 2.21 bits per heavy atom. The second-order valence-corrected chi connectivity index (χ2v) is 11.3. The molecule has 2 atom stereocenters. The number of ketones is 1. The molecule has 1 aliphatic heterocycles. The normalized spacial score (nSPS) is 27.6. The van der Waals surface area contributed by atoms with Crippen LogP contribution in [0.1, 0.15) is 19.3 Å². The Hall–Kier alpha value is -0.713. The van der Waals surface area contributed by atoms with Crippen molar-refractivity contribution in [1.29, 1.82) is 0 Å². The van der Waals surface area contributed by atoms with Crippen molar-refractivity contribution in [3.63, 3.8) is 0 Å². The zero-order chi connectivity index (χ0) is 14.0. The number of carbonyl (C=O) groups excluding carboxylic acids is 1. The van der Waals surface area contributed by atoms with E-state index in [1.54, 1.807) is 0 Å². The number of fused-ring (bicyclic) bond motifs is 1. The molecule has 0 saturated carbocycles. The summed E-state index contributed by atoms with van der Waals surface area (Å²) in [5, 5.41) is 1.07. The van der Waals surface area contributed by atoms with E-state index in [1.807, 2.05) is 6.08 Å². The first-order valence-corrected chi connectivity index (χ1v) is 10.6. The molecule has 0 unspecified atom stereocenters. The van der Waals surface area contributed by atoms with Crippen molar-refractivity contribution in [2.45, 2.75) is 45.2 Å². The Labute approximate surface area is 116 Å². The molecule has 2 rings (SSSR count). The summed E-state index contributed by atoms with van der Waals surface area (Å²) in [5.41, 5.74) is 1.17. The molecule has 19 heavy (non-hydrogen) atoms.